The maximum Gasteiger partial charge on any atom is 0.194 e. The molecule has 1 saturated heterocycles. The molecule has 29 heavy (non-hydrogen) atoms. The average molecular weight is 499 g/mol. The van der Waals surface area contributed by atoms with Crippen LogP contribution in [0.4, 0.5) is 0 Å². The Labute approximate surface area is 188 Å². The number of aliphatic hydroxyl groups is 1. The molecule has 1 aliphatic rings. The maximum atomic E-state index is 12.8. The second kappa shape index (κ2) is 9.71. The predicted molar refractivity (Wildman–Crippen MR) is 119 cm³/mol. The first-order valence-electron chi connectivity index (χ1n) is 9.52. The Bertz CT molecular complexity index is 893. The van der Waals surface area contributed by atoms with Gasteiger partial charge < -0.3 is 10.0 Å². The molecule has 154 valence electrons. The van der Waals surface area contributed by atoms with Crippen LogP contribution in [0.25, 0.3) is 0 Å². The number of rotatable bonds is 7. The van der Waals surface area contributed by atoms with Crippen LogP contribution in [0.2, 0.25) is 10.0 Å². The molecule has 0 atom stereocenters. The zero-order chi connectivity index (χ0) is 21.0. The van der Waals surface area contributed by atoms with Crippen LogP contribution >= 0.6 is 39.1 Å². The van der Waals surface area contributed by atoms with Gasteiger partial charge in [0.2, 0.25) is 0 Å². The SMILES string of the molecule is O=C(CCCN1CCC(O)(C(=O)c2ccc(Cl)c(Cl)c2)CC1)c1ccc(Br)cc1. The lowest BCUT2D eigenvalue weighted by atomic mass is 9.84. The zero-order valence-corrected chi connectivity index (χ0v) is 18.9. The molecule has 1 N–H and O–H groups in total. The van der Waals surface area contributed by atoms with Gasteiger partial charge in [-0.3, -0.25) is 9.59 Å². The van der Waals surface area contributed by atoms with Gasteiger partial charge in [0.15, 0.2) is 11.6 Å². The molecule has 1 aliphatic heterocycles. The van der Waals surface area contributed by atoms with Gasteiger partial charge in [-0.1, -0.05) is 51.3 Å². The highest BCUT2D eigenvalue weighted by Gasteiger charge is 2.39. The topological polar surface area (TPSA) is 57.6 Å². The van der Waals surface area contributed by atoms with Gasteiger partial charge in [0, 0.05) is 35.1 Å². The number of benzene rings is 2. The minimum Gasteiger partial charge on any atom is -0.382 e. The molecule has 0 radical (unpaired) electrons. The van der Waals surface area contributed by atoms with Crippen LogP contribution in [0.1, 0.15) is 46.4 Å². The van der Waals surface area contributed by atoms with Crippen LogP contribution in [-0.2, 0) is 0 Å². The van der Waals surface area contributed by atoms with E-state index in [0.29, 0.717) is 53.5 Å². The van der Waals surface area contributed by atoms with Crippen LogP contribution < -0.4 is 0 Å². The van der Waals surface area contributed by atoms with Crippen LogP contribution in [0, 0.1) is 0 Å². The van der Waals surface area contributed by atoms with Gasteiger partial charge in [-0.15, -0.1) is 0 Å². The summed E-state index contributed by atoms with van der Waals surface area (Å²) < 4.78 is 0.949. The molecule has 7 heteroatoms. The number of carbonyl (C=O) groups excluding carboxylic acids is 2. The summed E-state index contributed by atoms with van der Waals surface area (Å²) in [7, 11) is 0. The van der Waals surface area contributed by atoms with Crippen molar-refractivity contribution in [2.24, 2.45) is 0 Å². The molecule has 1 heterocycles. The molecule has 0 spiro atoms. The van der Waals surface area contributed by atoms with E-state index in [0.717, 1.165) is 17.4 Å². The molecule has 0 saturated carbocycles. The van der Waals surface area contributed by atoms with Gasteiger partial charge in [-0.2, -0.15) is 0 Å². The van der Waals surface area contributed by atoms with Crippen molar-refractivity contribution in [1.82, 2.24) is 4.90 Å². The molecule has 0 unspecified atom stereocenters. The summed E-state index contributed by atoms with van der Waals surface area (Å²) in [6.07, 6.45) is 1.93. The van der Waals surface area contributed by atoms with Gasteiger partial charge in [0.05, 0.1) is 10.0 Å². The van der Waals surface area contributed by atoms with E-state index in [2.05, 4.69) is 20.8 Å². The zero-order valence-electron chi connectivity index (χ0n) is 15.8. The Balaban J connectivity index is 1.48. The summed E-state index contributed by atoms with van der Waals surface area (Å²) in [5, 5.41) is 11.5. The van der Waals surface area contributed by atoms with E-state index in [1.165, 1.54) is 6.07 Å². The first kappa shape index (κ1) is 22.4. The summed E-state index contributed by atoms with van der Waals surface area (Å²) in [4.78, 5) is 27.2. The van der Waals surface area contributed by atoms with Gasteiger partial charge >= 0.3 is 0 Å². The van der Waals surface area contributed by atoms with Crippen molar-refractivity contribution < 1.29 is 14.7 Å². The van der Waals surface area contributed by atoms with Crippen LogP contribution in [0.3, 0.4) is 0 Å². The third-order valence-corrected chi connectivity index (χ3v) is 6.60. The largest absolute Gasteiger partial charge is 0.382 e. The molecule has 2 aromatic carbocycles. The lowest BCUT2D eigenvalue weighted by Gasteiger charge is -2.37. The van der Waals surface area contributed by atoms with Crippen molar-refractivity contribution in [3.63, 3.8) is 0 Å². The monoisotopic (exact) mass is 497 g/mol. The molecule has 0 amide bonds. The van der Waals surface area contributed by atoms with E-state index in [-0.39, 0.29) is 11.6 Å². The van der Waals surface area contributed by atoms with E-state index in [4.69, 9.17) is 23.2 Å². The fraction of sp³-hybridized carbons (Fsp3) is 0.364. The number of nitrogens with zero attached hydrogens (tertiary/aromatic N) is 1. The van der Waals surface area contributed by atoms with E-state index in [1.54, 1.807) is 12.1 Å². The minimum atomic E-state index is -1.39. The minimum absolute atomic E-state index is 0.126. The number of piperidine rings is 1. The molecule has 4 nitrogen and oxygen atoms in total. The van der Waals surface area contributed by atoms with E-state index in [9.17, 15) is 14.7 Å². The van der Waals surface area contributed by atoms with Crippen molar-refractivity contribution >= 4 is 50.7 Å². The van der Waals surface area contributed by atoms with Crippen LogP contribution in [0.5, 0.6) is 0 Å². The number of carbonyl (C=O) groups is 2. The third-order valence-electron chi connectivity index (χ3n) is 5.33. The number of likely N-dealkylation sites (tertiary alicyclic amines) is 1. The van der Waals surface area contributed by atoms with Gasteiger partial charge in [-0.25, -0.2) is 0 Å². The maximum absolute atomic E-state index is 12.8. The van der Waals surface area contributed by atoms with Gasteiger partial charge in [-0.05, 0) is 56.1 Å². The summed E-state index contributed by atoms with van der Waals surface area (Å²) in [5.74, 6) is -0.193. The Kier molecular flexibility index (Phi) is 7.52. The highest BCUT2D eigenvalue weighted by molar-refractivity contribution is 9.10. The highest BCUT2D eigenvalue weighted by Crippen LogP contribution is 2.29. The lowest BCUT2D eigenvalue weighted by Crippen LogP contribution is -2.49. The molecule has 0 bridgehead atoms. The van der Waals surface area contributed by atoms with Crippen molar-refractivity contribution in [3.05, 3.63) is 68.1 Å². The van der Waals surface area contributed by atoms with Crippen molar-refractivity contribution in [3.8, 4) is 0 Å². The third kappa shape index (κ3) is 5.68. The second-order valence-electron chi connectivity index (χ2n) is 7.36. The van der Waals surface area contributed by atoms with Crippen LogP contribution in [-0.4, -0.2) is 46.8 Å². The Morgan fingerprint density at radius 3 is 2.24 bits per heavy atom. The fourth-order valence-corrected chi connectivity index (χ4v) is 4.09. The number of Topliss-reactive ketones (excluding diaryl/α,β-unsaturated/α-hetero) is 2. The molecule has 2 aromatic rings. The smallest absolute Gasteiger partial charge is 0.194 e. The number of hydrogen-bond acceptors (Lipinski definition) is 4. The van der Waals surface area contributed by atoms with Crippen molar-refractivity contribution in [2.75, 3.05) is 19.6 Å². The van der Waals surface area contributed by atoms with Crippen molar-refractivity contribution in [2.45, 2.75) is 31.3 Å². The summed E-state index contributed by atoms with van der Waals surface area (Å²) >= 11 is 15.3. The number of hydrogen-bond donors (Lipinski definition) is 1. The lowest BCUT2D eigenvalue weighted by molar-refractivity contribution is -0.00648. The Morgan fingerprint density at radius 1 is 1.00 bits per heavy atom. The molecule has 0 aliphatic carbocycles. The highest BCUT2D eigenvalue weighted by atomic mass is 79.9. The van der Waals surface area contributed by atoms with E-state index >= 15 is 0 Å². The summed E-state index contributed by atoms with van der Waals surface area (Å²) in [5.41, 5.74) is -0.301. The molecule has 0 aromatic heterocycles. The van der Waals surface area contributed by atoms with E-state index in [1.807, 2.05) is 24.3 Å². The van der Waals surface area contributed by atoms with Gasteiger partial charge in [0.1, 0.15) is 5.60 Å². The first-order valence-corrected chi connectivity index (χ1v) is 11.1. The predicted octanol–water partition coefficient (Wildman–Crippen LogP) is 5.43. The van der Waals surface area contributed by atoms with Crippen molar-refractivity contribution in [1.29, 1.82) is 0 Å². The number of ketones is 2. The quantitative estimate of drug-likeness (QED) is 0.517. The van der Waals surface area contributed by atoms with E-state index < -0.39 is 5.60 Å². The summed E-state index contributed by atoms with van der Waals surface area (Å²) in [6, 6.07) is 12.0. The molecular formula is C22H22BrCl2NO3. The van der Waals surface area contributed by atoms with Gasteiger partial charge in [0.25, 0.3) is 0 Å². The average Bonchev–Trinajstić information content (AvgIpc) is 2.71. The molecule has 1 fully saturated rings. The molecule has 3 rings (SSSR count). The standard InChI is InChI=1S/C22H22BrCl2NO3/c23-17-6-3-15(4-7-17)20(27)2-1-11-26-12-9-22(29,10-13-26)21(28)16-5-8-18(24)19(25)14-16/h3-8,14,29H,1-2,9-13H2. The molecular weight excluding hydrogens is 477 g/mol. The Hall–Kier alpha value is -1.24. The fourth-order valence-electron chi connectivity index (χ4n) is 3.52. The normalized spacial score (nSPS) is 16.6. The Morgan fingerprint density at radius 2 is 1.62 bits per heavy atom. The summed E-state index contributed by atoms with van der Waals surface area (Å²) in [6.45, 7) is 1.98. The number of halogens is 3. The second-order valence-corrected chi connectivity index (χ2v) is 9.09. The first-order chi connectivity index (χ1) is 13.8. The van der Waals surface area contributed by atoms with Crippen LogP contribution in [0.15, 0.2) is 46.9 Å².